The number of ether oxygens (including phenoxy) is 1. The van der Waals surface area contributed by atoms with E-state index in [0.29, 0.717) is 0 Å². The first-order chi connectivity index (χ1) is 12.0. The Morgan fingerprint density at radius 2 is 1.68 bits per heavy atom. The second-order valence-electron chi connectivity index (χ2n) is 5.29. The zero-order valence-corrected chi connectivity index (χ0v) is 13.5. The summed E-state index contributed by atoms with van der Waals surface area (Å²) in [5.41, 5.74) is 1.20. The monoisotopic (exact) mass is 348 g/mol. The molecule has 0 fully saturated rings. The number of hydrogen-bond donors (Lipinski definition) is 2. The Morgan fingerprint density at radius 3 is 2.28 bits per heavy atom. The van der Waals surface area contributed by atoms with Crippen molar-refractivity contribution in [2.45, 2.75) is 19.6 Å². The molecule has 2 rings (SSSR count). The van der Waals surface area contributed by atoms with Gasteiger partial charge in [0, 0.05) is 5.56 Å². The number of carbonyl (C=O) groups is 2. The van der Waals surface area contributed by atoms with Gasteiger partial charge in [0.2, 0.25) is 5.91 Å². The summed E-state index contributed by atoms with van der Waals surface area (Å²) in [5.74, 6) is -0.852. The second-order valence-corrected chi connectivity index (χ2v) is 5.29. The van der Waals surface area contributed by atoms with E-state index >= 15 is 0 Å². The number of nitrogens with one attached hydrogen (secondary N) is 2. The molecule has 5 nitrogen and oxygen atoms in total. The Morgan fingerprint density at radius 1 is 1.04 bits per heavy atom. The van der Waals surface area contributed by atoms with Gasteiger partial charge < -0.3 is 15.4 Å². The standard InChI is InChI=1S/C18H18F2N2O3/c1-12(13-5-3-2-4-6-13)22-16(23)11-21-17(24)14-7-9-15(10-8-14)25-18(19)20/h2-10,12,18H,11H2,1H3,(H,21,24)(H,22,23)/t12-/m1/s1. The number of hydrogen-bond acceptors (Lipinski definition) is 3. The third-order valence-electron chi connectivity index (χ3n) is 3.43. The van der Waals surface area contributed by atoms with Crippen molar-refractivity contribution in [3.05, 3.63) is 65.7 Å². The predicted molar refractivity (Wildman–Crippen MR) is 88.4 cm³/mol. The SMILES string of the molecule is C[C@@H](NC(=O)CNC(=O)c1ccc(OC(F)F)cc1)c1ccccc1. The lowest BCUT2D eigenvalue weighted by atomic mass is 10.1. The van der Waals surface area contributed by atoms with Crippen LogP contribution < -0.4 is 15.4 Å². The molecule has 0 saturated heterocycles. The average Bonchev–Trinajstić information content (AvgIpc) is 2.60. The molecule has 2 N–H and O–H groups in total. The highest BCUT2D eigenvalue weighted by molar-refractivity contribution is 5.96. The van der Waals surface area contributed by atoms with Gasteiger partial charge in [0.05, 0.1) is 12.6 Å². The lowest BCUT2D eigenvalue weighted by Crippen LogP contribution is -2.38. The highest BCUT2D eigenvalue weighted by atomic mass is 19.3. The number of amides is 2. The summed E-state index contributed by atoms with van der Waals surface area (Å²) in [6.45, 7) is -1.27. The van der Waals surface area contributed by atoms with E-state index < -0.39 is 12.5 Å². The highest BCUT2D eigenvalue weighted by Crippen LogP contribution is 2.15. The summed E-state index contributed by atoms with van der Waals surface area (Å²) in [5, 5.41) is 5.25. The third-order valence-corrected chi connectivity index (χ3v) is 3.43. The van der Waals surface area contributed by atoms with Gasteiger partial charge in [0.15, 0.2) is 0 Å². The third kappa shape index (κ3) is 5.87. The van der Waals surface area contributed by atoms with Crippen LogP contribution in [0.5, 0.6) is 5.75 Å². The molecule has 25 heavy (non-hydrogen) atoms. The van der Waals surface area contributed by atoms with Crippen molar-refractivity contribution in [2.75, 3.05) is 6.54 Å². The fourth-order valence-corrected chi connectivity index (χ4v) is 2.17. The van der Waals surface area contributed by atoms with Crippen molar-refractivity contribution < 1.29 is 23.1 Å². The normalized spacial score (nSPS) is 11.7. The van der Waals surface area contributed by atoms with E-state index in [4.69, 9.17) is 0 Å². The summed E-state index contributed by atoms with van der Waals surface area (Å²) in [6, 6.07) is 14.5. The van der Waals surface area contributed by atoms with Gasteiger partial charge >= 0.3 is 6.61 Å². The molecule has 2 aromatic carbocycles. The van der Waals surface area contributed by atoms with Gasteiger partial charge in [-0.15, -0.1) is 0 Å². The maximum Gasteiger partial charge on any atom is 0.387 e. The second kappa shape index (κ2) is 8.77. The van der Waals surface area contributed by atoms with E-state index in [-0.39, 0.29) is 29.8 Å². The van der Waals surface area contributed by atoms with Gasteiger partial charge in [-0.25, -0.2) is 0 Å². The Hall–Kier alpha value is -2.96. The fourth-order valence-electron chi connectivity index (χ4n) is 2.17. The molecule has 2 aromatic rings. The Kier molecular flexibility index (Phi) is 6.45. The molecule has 0 aliphatic heterocycles. The topological polar surface area (TPSA) is 67.4 Å². The number of benzene rings is 2. The van der Waals surface area contributed by atoms with E-state index in [2.05, 4.69) is 15.4 Å². The van der Waals surface area contributed by atoms with Crippen molar-refractivity contribution >= 4 is 11.8 Å². The molecule has 0 bridgehead atoms. The van der Waals surface area contributed by atoms with Crippen LogP contribution in [0.2, 0.25) is 0 Å². The lowest BCUT2D eigenvalue weighted by Gasteiger charge is -2.14. The molecule has 0 heterocycles. The van der Waals surface area contributed by atoms with Crippen molar-refractivity contribution in [2.24, 2.45) is 0 Å². The molecule has 0 aromatic heterocycles. The van der Waals surface area contributed by atoms with Crippen LogP contribution in [0.25, 0.3) is 0 Å². The minimum Gasteiger partial charge on any atom is -0.435 e. The average molecular weight is 348 g/mol. The van der Waals surface area contributed by atoms with Crippen molar-refractivity contribution in [1.29, 1.82) is 0 Å². The van der Waals surface area contributed by atoms with E-state index in [9.17, 15) is 18.4 Å². The predicted octanol–water partition coefficient (Wildman–Crippen LogP) is 2.90. The molecule has 0 aliphatic rings. The van der Waals surface area contributed by atoms with Crippen LogP contribution in [0.1, 0.15) is 28.9 Å². The van der Waals surface area contributed by atoms with Crippen LogP contribution in [0.4, 0.5) is 8.78 Å². The summed E-state index contributed by atoms with van der Waals surface area (Å²) in [6.07, 6.45) is 0. The molecule has 0 radical (unpaired) electrons. The van der Waals surface area contributed by atoms with E-state index in [0.717, 1.165) is 5.56 Å². The van der Waals surface area contributed by atoms with E-state index in [1.165, 1.54) is 24.3 Å². The largest absolute Gasteiger partial charge is 0.435 e. The Balaban J connectivity index is 1.82. The summed E-state index contributed by atoms with van der Waals surface area (Å²) >= 11 is 0. The number of rotatable bonds is 7. The van der Waals surface area contributed by atoms with Crippen molar-refractivity contribution in [3.8, 4) is 5.75 Å². The molecule has 1 atom stereocenters. The minimum absolute atomic E-state index is 0.0408. The molecular weight excluding hydrogens is 330 g/mol. The van der Waals surface area contributed by atoms with Gasteiger partial charge in [0.25, 0.3) is 5.91 Å². The van der Waals surface area contributed by atoms with Gasteiger partial charge in [-0.05, 0) is 36.8 Å². The van der Waals surface area contributed by atoms with Crippen LogP contribution >= 0.6 is 0 Å². The van der Waals surface area contributed by atoms with Gasteiger partial charge in [0.1, 0.15) is 5.75 Å². The van der Waals surface area contributed by atoms with Crippen molar-refractivity contribution in [3.63, 3.8) is 0 Å². The molecule has 0 aliphatic carbocycles. The molecular formula is C18H18F2N2O3. The summed E-state index contributed by atoms with van der Waals surface area (Å²) in [7, 11) is 0. The molecule has 2 amide bonds. The number of carbonyl (C=O) groups excluding carboxylic acids is 2. The highest BCUT2D eigenvalue weighted by Gasteiger charge is 2.12. The fraction of sp³-hybridized carbons (Fsp3) is 0.222. The zero-order chi connectivity index (χ0) is 18.2. The van der Waals surface area contributed by atoms with Gasteiger partial charge in [-0.3, -0.25) is 9.59 Å². The van der Waals surface area contributed by atoms with Crippen LogP contribution in [-0.2, 0) is 4.79 Å². The minimum atomic E-state index is -2.92. The Labute approximate surface area is 144 Å². The van der Waals surface area contributed by atoms with E-state index in [1.54, 1.807) is 0 Å². The summed E-state index contributed by atoms with van der Waals surface area (Å²) < 4.78 is 28.3. The van der Waals surface area contributed by atoms with E-state index in [1.807, 2.05) is 37.3 Å². The van der Waals surface area contributed by atoms with Crippen LogP contribution in [0.15, 0.2) is 54.6 Å². The number of alkyl halides is 2. The quantitative estimate of drug-likeness (QED) is 0.808. The van der Waals surface area contributed by atoms with Crippen LogP contribution in [0, 0.1) is 0 Å². The molecule has 0 saturated carbocycles. The van der Waals surface area contributed by atoms with Crippen molar-refractivity contribution in [1.82, 2.24) is 10.6 Å². The zero-order valence-electron chi connectivity index (χ0n) is 13.5. The lowest BCUT2D eigenvalue weighted by molar-refractivity contribution is -0.120. The Bertz CT molecular complexity index is 706. The first-order valence-electron chi connectivity index (χ1n) is 7.63. The van der Waals surface area contributed by atoms with Gasteiger partial charge in [-0.2, -0.15) is 8.78 Å². The maximum absolute atomic E-state index is 12.1. The first kappa shape index (κ1) is 18.4. The smallest absolute Gasteiger partial charge is 0.387 e. The van der Waals surface area contributed by atoms with Crippen LogP contribution in [0.3, 0.4) is 0 Å². The number of halogens is 2. The molecule has 7 heteroatoms. The first-order valence-corrected chi connectivity index (χ1v) is 7.63. The van der Waals surface area contributed by atoms with Crippen LogP contribution in [-0.4, -0.2) is 25.0 Å². The van der Waals surface area contributed by atoms with Gasteiger partial charge in [-0.1, -0.05) is 30.3 Å². The molecule has 132 valence electrons. The maximum atomic E-state index is 12.1. The summed E-state index contributed by atoms with van der Waals surface area (Å²) in [4.78, 5) is 23.9. The molecule has 0 unspecified atom stereocenters. The molecule has 0 spiro atoms.